The largest absolute Gasteiger partial charge is 0.493 e. The highest BCUT2D eigenvalue weighted by Crippen LogP contribution is 2.68. The summed E-state index contributed by atoms with van der Waals surface area (Å²) in [4.78, 5) is 15.7. The van der Waals surface area contributed by atoms with Gasteiger partial charge in [0.15, 0.2) is 5.69 Å². The van der Waals surface area contributed by atoms with Gasteiger partial charge in [-0.2, -0.15) is 0 Å². The molecule has 0 aliphatic heterocycles. The molecule has 0 radical (unpaired) electrons. The Kier molecular flexibility index (Phi) is 7.99. The molecule has 4 saturated carbocycles. The van der Waals surface area contributed by atoms with E-state index in [9.17, 15) is 20.1 Å². The summed E-state index contributed by atoms with van der Waals surface area (Å²) in [5.74, 6) is 2.36. The molecule has 9 heteroatoms. The number of rotatable bonds is 5. The highest BCUT2D eigenvalue weighted by molar-refractivity contribution is 9.11. The summed E-state index contributed by atoms with van der Waals surface area (Å²) in [6.07, 6.45) is 8.93. The average molecular weight is 694 g/mol. The lowest BCUT2D eigenvalue weighted by atomic mass is 9.43. The Morgan fingerprint density at radius 3 is 2.59 bits per heavy atom. The Hall–Kier alpha value is -1.29. The van der Waals surface area contributed by atoms with Gasteiger partial charge in [-0.15, -0.1) is 10.2 Å². The zero-order valence-corrected chi connectivity index (χ0v) is 27.4. The van der Waals surface area contributed by atoms with Crippen LogP contribution in [0.2, 0.25) is 0 Å². The van der Waals surface area contributed by atoms with Crippen molar-refractivity contribution in [2.75, 3.05) is 0 Å². The van der Waals surface area contributed by atoms with Gasteiger partial charge in [-0.05, 0) is 132 Å². The lowest BCUT2D eigenvalue weighted by Gasteiger charge is -2.62. The highest BCUT2D eigenvalue weighted by Gasteiger charge is 2.62. The molecule has 10 atom stereocenters. The van der Waals surface area contributed by atoms with E-state index in [0.717, 1.165) is 60.3 Å². The van der Waals surface area contributed by atoms with E-state index >= 15 is 0 Å². The third-order valence-electron chi connectivity index (χ3n) is 12.3. The minimum atomic E-state index is -0.274. The van der Waals surface area contributed by atoms with Crippen LogP contribution >= 0.6 is 31.9 Å². The molecule has 4 N–H and O–H groups in total. The molecule has 4 aliphatic carbocycles. The first-order valence-corrected chi connectivity index (χ1v) is 17.0. The van der Waals surface area contributed by atoms with Crippen molar-refractivity contribution in [1.82, 2.24) is 4.98 Å². The van der Waals surface area contributed by atoms with Crippen LogP contribution < -0.4 is 0 Å². The molecule has 1 aromatic carbocycles. The summed E-state index contributed by atoms with van der Waals surface area (Å²) in [5.41, 5.74) is 1.38. The molecule has 7 nitrogen and oxygen atoms in total. The average Bonchev–Trinajstić information content (AvgIpc) is 3.43. The van der Waals surface area contributed by atoms with E-state index < -0.39 is 0 Å². The van der Waals surface area contributed by atoms with Gasteiger partial charge in [0.25, 0.3) is 5.91 Å². The van der Waals surface area contributed by atoms with E-state index in [1.165, 1.54) is 6.42 Å². The number of aromatic amines is 1. The Balaban J connectivity index is 1.11. The lowest BCUT2D eigenvalue weighted by Crippen LogP contribution is -2.58. The number of aliphatic hydroxyl groups is 2. The van der Waals surface area contributed by atoms with Crippen molar-refractivity contribution in [2.45, 2.75) is 97.2 Å². The van der Waals surface area contributed by atoms with E-state index in [1.807, 2.05) is 12.1 Å². The number of halogens is 2. The number of aliphatic hydroxyl groups excluding tert-OH is 2. The lowest BCUT2D eigenvalue weighted by molar-refractivity contribution is -0.174. The quantitative estimate of drug-likeness (QED) is 0.235. The molecule has 41 heavy (non-hydrogen) atoms. The predicted molar refractivity (Wildman–Crippen MR) is 166 cm³/mol. The fraction of sp³-hybridized carbons (Fsp3) is 0.719. The Labute approximate surface area is 259 Å². The van der Waals surface area contributed by atoms with Gasteiger partial charge in [-0.1, -0.05) is 36.7 Å². The highest BCUT2D eigenvalue weighted by atomic mass is 79.9. The molecular formula is C32H43Br2N3O4. The van der Waals surface area contributed by atoms with Crippen molar-refractivity contribution >= 4 is 54.4 Å². The molecule has 0 bridgehead atoms. The molecule has 6 rings (SSSR count). The second-order valence-corrected chi connectivity index (χ2v) is 16.0. The number of H-pyrrole nitrogens is 1. The predicted octanol–water partition coefficient (Wildman–Crippen LogP) is 8.42. The smallest absolute Gasteiger partial charge is 0.264 e. The number of azo groups is 1. The summed E-state index contributed by atoms with van der Waals surface area (Å²) in [5, 5.41) is 41.0. The minimum absolute atomic E-state index is 0.112. The number of nitrogens with zero attached hydrogens (tertiary/aromatic N) is 2. The third kappa shape index (κ3) is 5.04. The topological polar surface area (TPSA) is 118 Å². The van der Waals surface area contributed by atoms with Crippen molar-refractivity contribution < 1.29 is 20.1 Å². The third-order valence-corrected chi connectivity index (χ3v) is 13.4. The number of carbonyl (C=O) groups excluding carboxylic acids is 1. The second kappa shape index (κ2) is 11.0. The van der Waals surface area contributed by atoms with Crippen molar-refractivity contribution in [1.29, 1.82) is 0 Å². The Bertz CT molecular complexity index is 1360. The molecular weight excluding hydrogens is 650 g/mol. The van der Waals surface area contributed by atoms with Crippen LogP contribution in [-0.4, -0.2) is 38.4 Å². The van der Waals surface area contributed by atoms with Gasteiger partial charge in [0, 0.05) is 20.8 Å². The van der Waals surface area contributed by atoms with Crippen LogP contribution in [0.15, 0.2) is 31.3 Å². The molecule has 1 aromatic heterocycles. The number of aromatic hydroxyl groups is 1. The fourth-order valence-electron chi connectivity index (χ4n) is 10.2. The van der Waals surface area contributed by atoms with Crippen LogP contribution in [0.3, 0.4) is 0 Å². The number of hydrogen-bond donors (Lipinski definition) is 4. The molecule has 2 aromatic rings. The molecule has 1 heterocycles. The summed E-state index contributed by atoms with van der Waals surface area (Å²) in [6, 6.07) is 3.71. The van der Waals surface area contributed by atoms with Gasteiger partial charge in [0.1, 0.15) is 0 Å². The van der Waals surface area contributed by atoms with Crippen molar-refractivity contribution in [3.8, 4) is 5.88 Å². The van der Waals surface area contributed by atoms with Crippen LogP contribution in [0.5, 0.6) is 5.88 Å². The van der Waals surface area contributed by atoms with Gasteiger partial charge in [-0.3, -0.25) is 4.79 Å². The minimum Gasteiger partial charge on any atom is -0.493 e. The van der Waals surface area contributed by atoms with E-state index in [1.54, 1.807) is 0 Å². The van der Waals surface area contributed by atoms with Crippen LogP contribution in [0.25, 0.3) is 10.9 Å². The zero-order valence-electron chi connectivity index (χ0n) is 24.2. The maximum absolute atomic E-state index is 12.8. The molecule has 1 amide bonds. The molecule has 4 fully saturated rings. The van der Waals surface area contributed by atoms with Crippen LogP contribution in [-0.2, 0) is 4.79 Å². The van der Waals surface area contributed by atoms with Crippen LogP contribution in [0.1, 0.15) is 85.0 Å². The normalized spacial score (nSPS) is 39.4. The maximum Gasteiger partial charge on any atom is 0.264 e. The van der Waals surface area contributed by atoms with Crippen LogP contribution in [0.4, 0.5) is 5.69 Å². The molecule has 0 spiro atoms. The first kappa shape index (κ1) is 29.8. The van der Waals surface area contributed by atoms with Gasteiger partial charge >= 0.3 is 0 Å². The van der Waals surface area contributed by atoms with Crippen molar-refractivity contribution in [3.05, 3.63) is 21.1 Å². The maximum atomic E-state index is 12.8. The first-order chi connectivity index (χ1) is 19.4. The monoisotopic (exact) mass is 691 g/mol. The van der Waals surface area contributed by atoms with Gasteiger partial charge in [-0.25, -0.2) is 0 Å². The van der Waals surface area contributed by atoms with Crippen molar-refractivity contribution in [3.63, 3.8) is 0 Å². The first-order valence-electron chi connectivity index (χ1n) is 15.4. The fourth-order valence-corrected chi connectivity index (χ4v) is 11.5. The number of hydrogen-bond acceptors (Lipinski definition) is 5. The molecule has 4 aliphatic rings. The van der Waals surface area contributed by atoms with Crippen LogP contribution in [0, 0.1) is 46.3 Å². The second-order valence-electron chi connectivity index (χ2n) is 14.2. The van der Waals surface area contributed by atoms with Crippen molar-refractivity contribution in [2.24, 2.45) is 56.6 Å². The summed E-state index contributed by atoms with van der Waals surface area (Å²) in [6.45, 7) is 7.20. The SMILES string of the molecule is C[C@H](CCC(=O)N=Nc1c(O)[nH]c2c(Br)cc(Br)cc12)[C@@H]1CC[C@@H]2[C@H]3[C@H](O)C[C@H]4C[C@H](O)CC[C@@]4(C)[C@H]3CC[C@@]21C. The number of nitrogens with one attached hydrogen (secondary N) is 1. The van der Waals surface area contributed by atoms with Gasteiger partial charge in [0.2, 0.25) is 5.88 Å². The number of benzene rings is 1. The van der Waals surface area contributed by atoms with E-state index in [4.69, 9.17) is 0 Å². The zero-order chi connectivity index (χ0) is 29.3. The Morgan fingerprint density at radius 1 is 1.07 bits per heavy atom. The van der Waals surface area contributed by atoms with E-state index in [2.05, 4.69) is 67.8 Å². The summed E-state index contributed by atoms with van der Waals surface area (Å²) >= 11 is 6.95. The molecule has 224 valence electrons. The van der Waals surface area contributed by atoms with E-state index in [-0.39, 0.29) is 40.5 Å². The number of amides is 1. The number of fused-ring (bicyclic) bond motifs is 6. The van der Waals surface area contributed by atoms with Gasteiger partial charge < -0.3 is 20.3 Å². The summed E-state index contributed by atoms with van der Waals surface area (Å²) < 4.78 is 1.61. The number of carbonyl (C=O) groups is 1. The number of aromatic nitrogens is 1. The standard InChI is InChI=1S/C32H43Br2N3O4/c1-16(4-7-26(40)36-37-29-20-14-18(33)15-24(34)28(20)35-30(29)41)21-5-6-22-27-23(9-11-32(21,22)3)31(2)10-8-19(38)12-17(31)13-25(27)39/h14-17,19,21-23,25,27,35,38-39,41H,4-13H2,1-3H3/t16-,17-,19-,21+,22-,23+,25-,27-,31-,32-/m1/s1. The molecule has 0 saturated heterocycles. The van der Waals surface area contributed by atoms with Gasteiger partial charge in [0.05, 0.1) is 17.7 Å². The van der Waals surface area contributed by atoms with E-state index in [0.29, 0.717) is 52.8 Å². The molecule has 0 unspecified atom stereocenters. The summed E-state index contributed by atoms with van der Waals surface area (Å²) in [7, 11) is 0. The Morgan fingerprint density at radius 2 is 1.80 bits per heavy atom.